The number of benzene rings is 1. The Morgan fingerprint density at radius 2 is 1.27 bits per heavy atom. The molecule has 0 nitrogen and oxygen atoms in total. The van der Waals surface area contributed by atoms with Crippen LogP contribution in [0.15, 0.2) is 24.3 Å². The first-order valence-electron chi connectivity index (χ1n) is 6.24. The van der Waals surface area contributed by atoms with E-state index >= 15 is 0 Å². The zero-order valence-corrected chi connectivity index (χ0v) is 10.6. The zero-order chi connectivity index (χ0) is 11.3. The molecule has 0 aliphatic heterocycles. The van der Waals surface area contributed by atoms with Crippen molar-refractivity contribution in [3.8, 4) is 0 Å². The van der Waals surface area contributed by atoms with Gasteiger partial charge in [0.25, 0.3) is 0 Å². The van der Waals surface area contributed by atoms with Gasteiger partial charge in [0.2, 0.25) is 0 Å². The summed E-state index contributed by atoms with van der Waals surface area (Å²) in [7, 11) is 0. The van der Waals surface area contributed by atoms with Gasteiger partial charge in [-0.25, -0.2) is 0 Å². The minimum absolute atomic E-state index is 0.541. The Balaban J connectivity index is 0.000000531. The summed E-state index contributed by atoms with van der Waals surface area (Å²) in [5, 5.41) is 0. The molecule has 0 saturated carbocycles. The van der Waals surface area contributed by atoms with Gasteiger partial charge in [-0.05, 0) is 42.2 Å². The molecule has 0 bridgehead atoms. The second-order valence-corrected chi connectivity index (χ2v) is 4.93. The van der Waals surface area contributed by atoms with E-state index in [1.807, 2.05) is 13.8 Å². The van der Waals surface area contributed by atoms with Gasteiger partial charge >= 0.3 is 0 Å². The molecular weight excluding hydrogens is 180 g/mol. The molecule has 1 aliphatic carbocycles. The summed E-state index contributed by atoms with van der Waals surface area (Å²) in [5.74, 6) is 0. The third-order valence-corrected chi connectivity index (χ3v) is 3.26. The van der Waals surface area contributed by atoms with Crippen LogP contribution in [-0.4, -0.2) is 0 Å². The minimum Gasteiger partial charge on any atom is -0.0683 e. The molecule has 0 N–H and O–H groups in total. The standard InChI is InChI=1S/C13H18.C2H6/c1-13(2)9-7-11-5-3-4-6-12(11)8-10-13;1-2/h3-6H,7-10H2,1-2H3;1-2H3. The van der Waals surface area contributed by atoms with Gasteiger partial charge in [0.15, 0.2) is 0 Å². The lowest BCUT2D eigenvalue weighted by Gasteiger charge is -2.21. The summed E-state index contributed by atoms with van der Waals surface area (Å²) >= 11 is 0. The van der Waals surface area contributed by atoms with Crippen LogP contribution in [-0.2, 0) is 12.8 Å². The van der Waals surface area contributed by atoms with Gasteiger partial charge in [-0.2, -0.15) is 0 Å². The lowest BCUT2D eigenvalue weighted by atomic mass is 9.85. The molecule has 2 rings (SSSR count). The maximum atomic E-state index is 2.39. The van der Waals surface area contributed by atoms with E-state index in [9.17, 15) is 0 Å². The van der Waals surface area contributed by atoms with Gasteiger partial charge in [0.05, 0.1) is 0 Å². The summed E-state index contributed by atoms with van der Waals surface area (Å²) < 4.78 is 0. The SMILES string of the molecule is CC.CC1(C)CCc2ccccc2CC1. The van der Waals surface area contributed by atoms with Crippen LogP contribution in [0.4, 0.5) is 0 Å². The number of rotatable bonds is 0. The van der Waals surface area contributed by atoms with E-state index in [0.717, 1.165) is 0 Å². The van der Waals surface area contributed by atoms with Crippen LogP contribution in [0.2, 0.25) is 0 Å². The quantitative estimate of drug-likeness (QED) is 0.541. The van der Waals surface area contributed by atoms with Gasteiger partial charge in [0, 0.05) is 0 Å². The third-order valence-electron chi connectivity index (χ3n) is 3.26. The maximum absolute atomic E-state index is 2.39. The van der Waals surface area contributed by atoms with Crippen molar-refractivity contribution in [2.45, 2.75) is 53.4 Å². The van der Waals surface area contributed by atoms with Crippen LogP contribution in [0.25, 0.3) is 0 Å². The molecule has 1 aromatic carbocycles. The summed E-state index contributed by atoms with van der Waals surface area (Å²) in [4.78, 5) is 0. The average Bonchev–Trinajstić information content (AvgIpc) is 2.42. The molecule has 0 heterocycles. The summed E-state index contributed by atoms with van der Waals surface area (Å²) in [6, 6.07) is 8.90. The topological polar surface area (TPSA) is 0 Å². The molecule has 0 unspecified atom stereocenters. The van der Waals surface area contributed by atoms with Crippen molar-refractivity contribution in [2.24, 2.45) is 5.41 Å². The minimum atomic E-state index is 0.541. The van der Waals surface area contributed by atoms with Gasteiger partial charge < -0.3 is 0 Å². The second-order valence-electron chi connectivity index (χ2n) is 4.93. The molecule has 0 amide bonds. The van der Waals surface area contributed by atoms with Crippen molar-refractivity contribution in [2.75, 3.05) is 0 Å². The lowest BCUT2D eigenvalue weighted by molar-refractivity contribution is 0.317. The predicted molar refractivity (Wildman–Crippen MR) is 68.2 cm³/mol. The largest absolute Gasteiger partial charge is 0.0683 e. The molecule has 0 aromatic heterocycles. The van der Waals surface area contributed by atoms with E-state index in [1.54, 1.807) is 11.1 Å². The van der Waals surface area contributed by atoms with Gasteiger partial charge in [0.1, 0.15) is 0 Å². The van der Waals surface area contributed by atoms with Crippen LogP contribution in [0.5, 0.6) is 0 Å². The molecule has 15 heavy (non-hydrogen) atoms. The van der Waals surface area contributed by atoms with Crippen molar-refractivity contribution in [3.05, 3.63) is 35.4 Å². The molecule has 84 valence electrons. The lowest BCUT2D eigenvalue weighted by Crippen LogP contribution is -2.10. The van der Waals surface area contributed by atoms with Gasteiger partial charge in [-0.3, -0.25) is 0 Å². The van der Waals surface area contributed by atoms with Crippen molar-refractivity contribution in [1.82, 2.24) is 0 Å². The molecule has 0 atom stereocenters. The van der Waals surface area contributed by atoms with Crippen molar-refractivity contribution >= 4 is 0 Å². The Kier molecular flexibility index (Phi) is 4.38. The number of fused-ring (bicyclic) bond motifs is 1. The normalized spacial score (nSPS) is 18.1. The highest BCUT2D eigenvalue weighted by Gasteiger charge is 2.21. The van der Waals surface area contributed by atoms with Crippen LogP contribution in [0.1, 0.15) is 51.7 Å². The number of hydrogen-bond acceptors (Lipinski definition) is 0. The molecule has 1 aliphatic rings. The van der Waals surface area contributed by atoms with E-state index < -0.39 is 0 Å². The van der Waals surface area contributed by atoms with E-state index in [2.05, 4.69) is 38.1 Å². The predicted octanol–water partition coefficient (Wildman–Crippen LogP) is 4.62. The summed E-state index contributed by atoms with van der Waals surface area (Å²) in [6.45, 7) is 8.78. The van der Waals surface area contributed by atoms with E-state index in [0.29, 0.717) is 5.41 Å². The fourth-order valence-corrected chi connectivity index (χ4v) is 2.12. The molecule has 0 radical (unpaired) electrons. The van der Waals surface area contributed by atoms with Gasteiger partial charge in [-0.1, -0.05) is 52.0 Å². The molecule has 0 saturated heterocycles. The molecular formula is C15H24. The fourth-order valence-electron chi connectivity index (χ4n) is 2.12. The van der Waals surface area contributed by atoms with Crippen LogP contribution >= 0.6 is 0 Å². The Morgan fingerprint density at radius 1 is 0.867 bits per heavy atom. The summed E-state index contributed by atoms with van der Waals surface area (Å²) in [6.07, 6.45) is 5.21. The first-order valence-corrected chi connectivity index (χ1v) is 6.24. The summed E-state index contributed by atoms with van der Waals surface area (Å²) in [5.41, 5.74) is 3.69. The fraction of sp³-hybridized carbons (Fsp3) is 0.600. The first kappa shape index (κ1) is 12.3. The molecule has 0 heteroatoms. The highest BCUT2D eigenvalue weighted by Crippen LogP contribution is 2.33. The third kappa shape index (κ3) is 3.37. The van der Waals surface area contributed by atoms with Crippen molar-refractivity contribution in [1.29, 1.82) is 0 Å². The van der Waals surface area contributed by atoms with Crippen LogP contribution in [0.3, 0.4) is 0 Å². The maximum Gasteiger partial charge on any atom is -0.0271 e. The van der Waals surface area contributed by atoms with E-state index in [4.69, 9.17) is 0 Å². The highest BCUT2D eigenvalue weighted by molar-refractivity contribution is 5.28. The van der Waals surface area contributed by atoms with Crippen molar-refractivity contribution in [3.63, 3.8) is 0 Å². The van der Waals surface area contributed by atoms with E-state index in [-0.39, 0.29) is 0 Å². The van der Waals surface area contributed by atoms with Gasteiger partial charge in [-0.15, -0.1) is 0 Å². The zero-order valence-electron chi connectivity index (χ0n) is 10.6. The molecule has 0 fully saturated rings. The van der Waals surface area contributed by atoms with Crippen LogP contribution < -0.4 is 0 Å². The molecule has 1 aromatic rings. The Hall–Kier alpha value is -0.780. The number of aryl methyl sites for hydroxylation is 2. The average molecular weight is 204 g/mol. The Morgan fingerprint density at radius 3 is 1.67 bits per heavy atom. The molecule has 0 spiro atoms. The van der Waals surface area contributed by atoms with Crippen molar-refractivity contribution < 1.29 is 0 Å². The highest BCUT2D eigenvalue weighted by atomic mass is 14.3. The second kappa shape index (κ2) is 5.34. The Labute approximate surface area is 94.7 Å². The monoisotopic (exact) mass is 204 g/mol. The van der Waals surface area contributed by atoms with E-state index in [1.165, 1.54) is 25.7 Å². The Bertz CT molecular complexity index is 268. The number of hydrogen-bond donors (Lipinski definition) is 0. The smallest absolute Gasteiger partial charge is 0.0271 e. The van der Waals surface area contributed by atoms with Crippen LogP contribution in [0, 0.1) is 5.41 Å². The first-order chi connectivity index (χ1) is 7.17.